The fraction of sp³-hybridized carbons (Fsp3) is 0.440. The van der Waals surface area contributed by atoms with Crippen LogP contribution < -0.4 is 10.2 Å². The molecule has 5 heteroatoms. The summed E-state index contributed by atoms with van der Waals surface area (Å²) in [6.07, 6.45) is 0. The molecule has 0 aliphatic carbocycles. The zero-order chi connectivity index (χ0) is 22.4. The Morgan fingerprint density at radius 3 is 2.27 bits per heavy atom. The molecule has 0 aliphatic rings. The third-order valence-electron chi connectivity index (χ3n) is 4.85. The van der Waals surface area contributed by atoms with Crippen molar-refractivity contribution in [2.24, 2.45) is 11.8 Å². The summed E-state index contributed by atoms with van der Waals surface area (Å²) < 4.78 is 0. The molecule has 0 bridgehead atoms. The first kappa shape index (κ1) is 23.5. The zero-order valence-electron chi connectivity index (χ0n) is 19.3. The molecule has 2 aromatic carbocycles. The van der Waals surface area contributed by atoms with E-state index in [0.717, 1.165) is 22.5 Å². The summed E-state index contributed by atoms with van der Waals surface area (Å²) in [5, 5.41) is 2.97. The smallest absolute Gasteiger partial charge is 0.254 e. The number of benzene rings is 2. The molecular formula is C25H35N3O2. The first-order chi connectivity index (χ1) is 14.1. The maximum atomic E-state index is 13.3. The molecule has 0 saturated heterocycles. The minimum Gasteiger partial charge on any atom is -0.377 e. The van der Waals surface area contributed by atoms with E-state index in [2.05, 4.69) is 19.2 Å². The van der Waals surface area contributed by atoms with Gasteiger partial charge in [-0.05, 0) is 48.7 Å². The molecule has 0 radical (unpaired) electrons. The molecule has 0 aliphatic heterocycles. The van der Waals surface area contributed by atoms with E-state index < -0.39 is 0 Å². The second-order valence-corrected chi connectivity index (χ2v) is 8.83. The van der Waals surface area contributed by atoms with Gasteiger partial charge in [0.05, 0.1) is 0 Å². The van der Waals surface area contributed by atoms with Crippen molar-refractivity contribution in [2.75, 3.05) is 30.9 Å². The van der Waals surface area contributed by atoms with Crippen LogP contribution in [0.2, 0.25) is 0 Å². The average molecular weight is 410 g/mol. The van der Waals surface area contributed by atoms with Gasteiger partial charge in [-0.3, -0.25) is 9.59 Å². The zero-order valence-corrected chi connectivity index (χ0v) is 19.3. The summed E-state index contributed by atoms with van der Waals surface area (Å²) >= 11 is 0. The quantitative estimate of drug-likeness (QED) is 0.671. The van der Waals surface area contributed by atoms with Crippen LogP contribution in [-0.2, 0) is 11.3 Å². The largest absolute Gasteiger partial charge is 0.377 e. The normalized spacial score (nSPS) is 11.0. The molecule has 2 aromatic rings. The molecular weight excluding hydrogens is 374 g/mol. The van der Waals surface area contributed by atoms with Crippen molar-refractivity contribution in [2.45, 2.75) is 41.2 Å². The molecule has 0 spiro atoms. The van der Waals surface area contributed by atoms with E-state index >= 15 is 0 Å². The van der Waals surface area contributed by atoms with E-state index in [1.54, 1.807) is 0 Å². The molecule has 162 valence electrons. The van der Waals surface area contributed by atoms with E-state index in [0.29, 0.717) is 24.6 Å². The second kappa shape index (κ2) is 10.3. The highest BCUT2D eigenvalue weighted by molar-refractivity contribution is 5.95. The van der Waals surface area contributed by atoms with Crippen LogP contribution in [-0.4, -0.2) is 37.4 Å². The Kier molecular flexibility index (Phi) is 8.04. The summed E-state index contributed by atoms with van der Waals surface area (Å²) in [5.74, 6) is 0.245. The van der Waals surface area contributed by atoms with Crippen LogP contribution in [0.5, 0.6) is 0 Å². The van der Waals surface area contributed by atoms with E-state index in [1.165, 1.54) is 0 Å². The minimum atomic E-state index is -0.0951. The van der Waals surface area contributed by atoms with E-state index in [1.807, 2.05) is 87.1 Å². The van der Waals surface area contributed by atoms with Crippen LogP contribution in [0.1, 0.15) is 49.2 Å². The summed E-state index contributed by atoms with van der Waals surface area (Å²) in [4.78, 5) is 29.4. The van der Waals surface area contributed by atoms with Gasteiger partial charge in [0.25, 0.3) is 5.91 Å². The lowest BCUT2D eigenvalue weighted by molar-refractivity contribution is -0.118. The van der Waals surface area contributed by atoms with Gasteiger partial charge in [-0.1, -0.05) is 45.4 Å². The summed E-state index contributed by atoms with van der Waals surface area (Å²) in [6, 6.07) is 13.6. The van der Waals surface area contributed by atoms with Gasteiger partial charge in [-0.25, -0.2) is 0 Å². The number of hydrogen-bond donors (Lipinski definition) is 1. The summed E-state index contributed by atoms with van der Waals surface area (Å²) in [6.45, 7) is 11.1. The molecule has 2 amide bonds. The topological polar surface area (TPSA) is 52.7 Å². The minimum absolute atomic E-state index is 0.0200. The van der Waals surface area contributed by atoms with Gasteiger partial charge >= 0.3 is 0 Å². The molecule has 0 aromatic heterocycles. The van der Waals surface area contributed by atoms with Crippen LogP contribution >= 0.6 is 0 Å². The van der Waals surface area contributed by atoms with Gasteiger partial charge in [0.1, 0.15) is 0 Å². The van der Waals surface area contributed by atoms with Gasteiger partial charge in [0.2, 0.25) is 5.91 Å². The monoisotopic (exact) mass is 409 g/mol. The van der Waals surface area contributed by atoms with E-state index in [-0.39, 0.29) is 17.7 Å². The second-order valence-electron chi connectivity index (χ2n) is 8.83. The first-order valence-corrected chi connectivity index (χ1v) is 10.6. The molecule has 1 N–H and O–H groups in total. The lowest BCUT2D eigenvalue weighted by atomic mass is 10.1. The van der Waals surface area contributed by atoms with Gasteiger partial charge in [0.15, 0.2) is 0 Å². The van der Waals surface area contributed by atoms with Crippen LogP contribution in [0.4, 0.5) is 11.4 Å². The van der Waals surface area contributed by atoms with Gasteiger partial charge < -0.3 is 15.1 Å². The van der Waals surface area contributed by atoms with E-state index in [9.17, 15) is 9.59 Å². The number of amides is 2. The Morgan fingerprint density at radius 1 is 1.00 bits per heavy atom. The predicted molar refractivity (Wildman–Crippen MR) is 125 cm³/mol. The predicted octanol–water partition coefficient (Wildman–Crippen LogP) is 4.95. The lowest BCUT2D eigenvalue weighted by Gasteiger charge is -2.28. The Bertz CT molecular complexity index is 888. The molecule has 2 rings (SSSR count). The highest BCUT2D eigenvalue weighted by atomic mass is 16.2. The van der Waals surface area contributed by atoms with Crippen molar-refractivity contribution in [1.29, 1.82) is 0 Å². The Hall–Kier alpha value is -2.82. The van der Waals surface area contributed by atoms with E-state index in [4.69, 9.17) is 0 Å². The summed E-state index contributed by atoms with van der Waals surface area (Å²) in [5.41, 5.74) is 4.55. The van der Waals surface area contributed by atoms with Crippen LogP contribution in [0, 0.1) is 18.8 Å². The van der Waals surface area contributed by atoms with Gasteiger partial charge in [-0.15, -0.1) is 0 Å². The number of carbonyl (C=O) groups is 2. The van der Waals surface area contributed by atoms with Crippen LogP contribution in [0.25, 0.3) is 0 Å². The molecule has 5 nitrogen and oxygen atoms in total. The Balaban J connectivity index is 2.39. The molecule has 0 unspecified atom stereocenters. The average Bonchev–Trinajstić information content (AvgIpc) is 2.66. The standard InChI is InChI=1S/C25H35N3O2/c1-17(2)15-28(25(30)20-10-8-9-19(5)13-20)16-21-14-22(26-24(29)18(3)4)11-12-23(21)27(6)7/h8-14,17-18H,15-16H2,1-7H3,(H,26,29). The van der Waals surface area contributed by atoms with Gasteiger partial charge in [0, 0.05) is 50.0 Å². The molecule has 30 heavy (non-hydrogen) atoms. The summed E-state index contributed by atoms with van der Waals surface area (Å²) in [7, 11) is 3.97. The molecule has 0 heterocycles. The maximum Gasteiger partial charge on any atom is 0.254 e. The lowest BCUT2D eigenvalue weighted by Crippen LogP contribution is -2.34. The SMILES string of the molecule is Cc1cccc(C(=O)N(Cc2cc(NC(=O)C(C)C)ccc2N(C)C)CC(C)C)c1. The highest BCUT2D eigenvalue weighted by Gasteiger charge is 2.20. The molecule has 0 saturated carbocycles. The molecule has 0 fully saturated rings. The number of anilines is 2. The van der Waals surface area contributed by atoms with Crippen molar-refractivity contribution in [1.82, 2.24) is 4.90 Å². The van der Waals surface area contributed by atoms with Crippen molar-refractivity contribution in [3.63, 3.8) is 0 Å². The Morgan fingerprint density at radius 2 is 1.70 bits per heavy atom. The van der Waals surface area contributed by atoms with Gasteiger partial charge in [-0.2, -0.15) is 0 Å². The third-order valence-corrected chi connectivity index (χ3v) is 4.85. The first-order valence-electron chi connectivity index (χ1n) is 10.6. The third kappa shape index (κ3) is 6.34. The van der Waals surface area contributed by atoms with Crippen molar-refractivity contribution in [3.05, 3.63) is 59.2 Å². The molecule has 0 atom stereocenters. The number of aryl methyl sites for hydroxylation is 1. The number of nitrogens with zero attached hydrogens (tertiary/aromatic N) is 2. The van der Waals surface area contributed by atoms with Crippen molar-refractivity contribution >= 4 is 23.2 Å². The van der Waals surface area contributed by atoms with Crippen LogP contribution in [0.15, 0.2) is 42.5 Å². The number of nitrogens with one attached hydrogen (secondary N) is 1. The maximum absolute atomic E-state index is 13.3. The number of carbonyl (C=O) groups excluding carboxylic acids is 2. The number of rotatable bonds is 8. The van der Waals surface area contributed by atoms with Crippen LogP contribution in [0.3, 0.4) is 0 Å². The van der Waals surface area contributed by atoms with Crippen molar-refractivity contribution < 1.29 is 9.59 Å². The fourth-order valence-corrected chi connectivity index (χ4v) is 3.34. The highest BCUT2D eigenvalue weighted by Crippen LogP contribution is 2.26. The number of hydrogen-bond acceptors (Lipinski definition) is 3. The Labute approximate surface area is 181 Å². The fourth-order valence-electron chi connectivity index (χ4n) is 3.34. The van der Waals surface area contributed by atoms with Crippen molar-refractivity contribution in [3.8, 4) is 0 Å².